The molecule has 0 saturated carbocycles. The van der Waals surface area contributed by atoms with Gasteiger partial charge >= 0.3 is 0 Å². The Bertz CT molecular complexity index is 2400. The van der Waals surface area contributed by atoms with Gasteiger partial charge in [-0.05, 0) is 110 Å². The van der Waals surface area contributed by atoms with Gasteiger partial charge in [-0.3, -0.25) is 19.2 Å². The average molecular weight is 885 g/mol. The van der Waals surface area contributed by atoms with Gasteiger partial charge in [0.1, 0.15) is 5.75 Å². The molecule has 5 aliphatic heterocycles. The Labute approximate surface area is 376 Å². The first-order valence-corrected chi connectivity index (χ1v) is 25.9. The minimum atomic E-state index is -2.62. The van der Waals surface area contributed by atoms with Gasteiger partial charge in [0.2, 0.25) is 17.7 Å². The summed E-state index contributed by atoms with van der Waals surface area (Å²) >= 11 is 0. The second-order valence-corrected chi connectivity index (χ2v) is 23.5. The number of carbonyl (C=O) groups excluding carboxylic acids is 4. The number of benzene rings is 4. The highest BCUT2D eigenvalue weighted by atomic mass is 28.3. The second-order valence-electron chi connectivity index (χ2n) is 18.8. The molecule has 5 N–H and O–H groups in total. The van der Waals surface area contributed by atoms with Gasteiger partial charge in [0.05, 0.1) is 64.7 Å². The fourth-order valence-corrected chi connectivity index (χ4v) is 15.2. The Balaban J connectivity index is 1.09. The number of carbonyl (C=O) groups is 4. The lowest BCUT2D eigenvalue weighted by Gasteiger charge is -2.39. The predicted octanol–water partition coefficient (Wildman–Crippen LogP) is 5.17. The van der Waals surface area contributed by atoms with E-state index in [4.69, 9.17) is 9.47 Å². The number of amides is 4. The Hall–Kier alpha value is -5.38. The maximum Gasteiger partial charge on any atom is 0.264 e. The van der Waals surface area contributed by atoms with Crippen molar-refractivity contribution < 1.29 is 33.8 Å². The Kier molecular flexibility index (Phi) is 12.3. The van der Waals surface area contributed by atoms with Crippen LogP contribution in [0.3, 0.4) is 0 Å². The zero-order valence-corrected chi connectivity index (χ0v) is 38.2. The van der Waals surface area contributed by atoms with Crippen molar-refractivity contribution in [2.75, 3.05) is 42.3 Å². The van der Waals surface area contributed by atoms with Crippen LogP contribution in [0.15, 0.2) is 91.0 Å². The highest BCUT2D eigenvalue weighted by molar-refractivity contribution is 6.91. The van der Waals surface area contributed by atoms with Crippen LogP contribution in [0.5, 0.6) is 5.75 Å². The summed E-state index contributed by atoms with van der Waals surface area (Å²) in [5, 5.41) is 24.4. The number of hydrogen-bond donors (Lipinski definition) is 5. The molecule has 64 heavy (non-hydrogen) atoms. The van der Waals surface area contributed by atoms with Crippen molar-refractivity contribution in [2.24, 2.45) is 5.92 Å². The molecule has 3 saturated heterocycles. The average Bonchev–Trinajstić information content (AvgIpc) is 4.13. The highest BCUT2D eigenvalue weighted by Crippen LogP contribution is 2.60. The maximum atomic E-state index is 15.7. The topological polar surface area (TPSA) is 162 Å². The number of hydrogen-bond acceptors (Lipinski definition) is 9. The molecule has 7 atom stereocenters. The van der Waals surface area contributed by atoms with Crippen LogP contribution in [0.2, 0.25) is 18.6 Å². The molecule has 0 unspecified atom stereocenters. The van der Waals surface area contributed by atoms with Crippen LogP contribution in [0.25, 0.3) is 0 Å². The highest BCUT2D eigenvalue weighted by Gasteiger charge is 2.66. The molecule has 336 valence electrons. The van der Waals surface area contributed by atoms with Gasteiger partial charge in [0.15, 0.2) is 5.60 Å². The minimum Gasteiger partial charge on any atom is -0.497 e. The van der Waals surface area contributed by atoms with Gasteiger partial charge in [-0.1, -0.05) is 73.7 Å². The molecule has 0 radical (unpaired) electrons. The van der Waals surface area contributed by atoms with Crippen molar-refractivity contribution in [3.8, 4) is 5.75 Å². The van der Waals surface area contributed by atoms with E-state index in [2.05, 4.69) is 59.5 Å². The molecule has 0 aromatic heterocycles. The van der Waals surface area contributed by atoms with E-state index in [0.717, 1.165) is 66.4 Å². The van der Waals surface area contributed by atoms with Crippen molar-refractivity contribution in [1.82, 2.24) is 15.5 Å². The normalized spacial score (nSPS) is 26.2. The van der Waals surface area contributed by atoms with E-state index in [1.165, 1.54) is 0 Å². The van der Waals surface area contributed by atoms with Crippen LogP contribution in [-0.4, -0.2) is 92.7 Å². The minimum absolute atomic E-state index is 0.0258. The monoisotopic (exact) mass is 884 g/mol. The number of aliphatic hydroxyl groups is 1. The summed E-state index contributed by atoms with van der Waals surface area (Å²) in [6.07, 6.45) is 3.36. The SMILES string of the molecule is COc1ccc([Si](C)(C)[C@@H]2[C@@H](CC(=O)N3Cc4ccccc4C[C@H]3CO)O[C@]3(C(=O)N(Cc4ccc(NC(=O)[C@H]5CCCN5)cc4)c4ccc(NC(=O)[C@H]5CCCN5)cc43)[C@H]2C)cc1. The molecule has 14 heteroatoms. The third-order valence-corrected chi connectivity index (χ3v) is 19.0. The lowest BCUT2D eigenvalue weighted by Crippen LogP contribution is -2.52. The van der Waals surface area contributed by atoms with E-state index in [0.29, 0.717) is 35.6 Å². The maximum absolute atomic E-state index is 15.7. The molecule has 4 aromatic carbocycles. The van der Waals surface area contributed by atoms with E-state index < -0.39 is 25.7 Å². The third kappa shape index (κ3) is 8.04. The van der Waals surface area contributed by atoms with Crippen molar-refractivity contribution in [3.05, 3.63) is 113 Å². The van der Waals surface area contributed by atoms with Crippen molar-refractivity contribution in [1.29, 1.82) is 0 Å². The van der Waals surface area contributed by atoms with Crippen LogP contribution in [0.1, 0.15) is 61.3 Å². The number of nitrogens with one attached hydrogen (secondary N) is 4. The van der Waals surface area contributed by atoms with Gasteiger partial charge in [-0.2, -0.15) is 0 Å². The second kappa shape index (κ2) is 17.9. The van der Waals surface area contributed by atoms with E-state index in [-0.39, 0.29) is 66.9 Å². The molecule has 0 aliphatic carbocycles. The molecule has 9 rings (SSSR count). The first-order chi connectivity index (χ1) is 30.9. The molecule has 5 aliphatic rings. The van der Waals surface area contributed by atoms with E-state index in [1.54, 1.807) is 16.9 Å². The molecule has 5 heterocycles. The van der Waals surface area contributed by atoms with Crippen LogP contribution in [-0.2, 0) is 49.0 Å². The smallest absolute Gasteiger partial charge is 0.264 e. The number of ether oxygens (including phenoxy) is 2. The van der Waals surface area contributed by atoms with Crippen LogP contribution >= 0.6 is 0 Å². The van der Waals surface area contributed by atoms with E-state index in [1.807, 2.05) is 72.8 Å². The number of methoxy groups -OCH3 is 1. The molecule has 1 spiro atoms. The summed E-state index contributed by atoms with van der Waals surface area (Å²) in [7, 11) is -0.980. The molecule has 0 bridgehead atoms. The number of anilines is 3. The largest absolute Gasteiger partial charge is 0.497 e. The summed E-state index contributed by atoms with van der Waals surface area (Å²) in [6, 6.07) is 28.5. The summed E-state index contributed by atoms with van der Waals surface area (Å²) in [5.41, 5.74) is 3.93. The Morgan fingerprint density at radius 3 is 2.14 bits per heavy atom. The van der Waals surface area contributed by atoms with E-state index in [9.17, 15) is 19.5 Å². The molecule has 13 nitrogen and oxygen atoms in total. The summed E-state index contributed by atoms with van der Waals surface area (Å²) in [5.74, 6) is -0.191. The summed E-state index contributed by atoms with van der Waals surface area (Å²) < 4.78 is 12.9. The summed E-state index contributed by atoms with van der Waals surface area (Å²) in [4.78, 5) is 60.4. The zero-order valence-electron chi connectivity index (χ0n) is 37.2. The zero-order chi connectivity index (χ0) is 44.8. The first-order valence-electron chi connectivity index (χ1n) is 22.8. The van der Waals surface area contributed by atoms with Crippen LogP contribution < -0.4 is 36.1 Å². The number of aliphatic hydroxyl groups excluding tert-OH is 1. The van der Waals surface area contributed by atoms with Crippen LogP contribution in [0.4, 0.5) is 17.1 Å². The van der Waals surface area contributed by atoms with Gasteiger partial charge in [0.25, 0.3) is 5.91 Å². The van der Waals surface area contributed by atoms with E-state index >= 15 is 4.79 Å². The predicted molar refractivity (Wildman–Crippen MR) is 249 cm³/mol. The number of rotatable bonds is 12. The standard InChI is InChI=1S/C50H60N6O7Si/c1-31-46(64(3,4)39-20-18-38(62-2)19-21-39)44(27-45(58)55-29-34-10-6-5-9-33(34)25-37(55)30-57)63-50(31)40-26-36(54-48(60)42-12-8-24-52-42)17-22-43(40)56(49(50)61)28-32-13-15-35(16-14-32)53-47(59)41-11-7-23-51-41/h5-6,9-10,13-22,26,31,37,41-42,44,46,51-52,57H,7-8,11-12,23-25,27-30H2,1-4H3,(H,53,59)(H,54,60)/t31-,37-,41+,42+,44+,46-,50+/m0/s1. The lowest BCUT2D eigenvalue weighted by atomic mass is 9.82. The first kappa shape index (κ1) is 43.8. The van der Waals surface area contributed by atoms with Crippen molar-refractivity contribution in [3.63, 3.8) is 0 Å². The van der Waals surface area contributed by atoms with Gasteiger partial charge < -0.3 is 45.6 Å². The fourth-order valence-electron chi connectivity index (χ4n) is 11.2. The number of fused-ring (bicyclic) bond motifs is 3. The molecular formula is C50H60N6O7Si. The van der Waals surface area contributed by atoms with Crippen molar-refractivity contribution >= 4 is 54.0 Å². The quantitative estimate of drug-likeness (QED) is 0.121. The summed E-state index contributed by atoms with van der Waals surface area (Å²) in [6.45, 7) is 8.73. The molecular weight excluding hydrogens is 825 g/mol. The van der Waals surface area contributed by atoms with Gasteiger partial charge in [-0.15, -0.1) is 0 Å². The van der Waals surface area contributed by atoms with Gasteiger partial charge in [0, 0.05) is 29.4 Å². The molecule has 4 aromatic rings. The third-order valence-electron chi connectivity index (χ3n) is 14.7. The lowest BCUT2D eigenvalue weighted by molar-refractivity contribution is -0.151. The molecule has 3 fully saturated rings. The fraction of sp³-hybridized carbons (Fsp3) is 0.440. The number of nitrogens with zero attached hydrogens (tertiary/aromatic N) is 2. The Morgan fingerprint density at radius 2 is 1.52 bits per heavy atom. The molecule has 4 amide bonds. The van der Waals surface area contributed by atoms with Crippen LogP contribution in [0, 0.1) is 5.92 Å². The Morgan fingerprint density at radius 1 is 0.875 bits per heavy atom. The van der Waals surface area contributed by atoms with Crippen molar-refractivity contribution in [2.45, 2.75) is 107 Å². The van der Waals surface area contributed by atoms with Gasteiger partial charge in [-0.25, -0.2) is 0 Å².